The van der Waals surface area contributed by atoms with Crippen LogP contribution in [-0.2, 0) is 10.2 Å². The van der Waals surface area contributed by atoms with E-state index >= 15 is 0 Å². The minimum Gasteiger partial charge on any atom is -0.325 e. The first kappa shape index (κ1) is 10.6. The van der Waals surface area contributed by atoms with E-state index in [0.717, 1.165) is 11.3 Å². The van der Waals surface area contributed by atoms with Crippen molar-refractivity contribution < 1.29 is 4.79 Å². The van der Waals surface area contributed by atoms with E-state index < -0.39 is 5.41 Å². The number of nitrogens with zero attached hydrogens (tertiary/aromatic N) is 1. The number of carbonyl (C=O) groups excluding carboxylic acids is 1. The van der Waals surface area contributed by atoms with E-state index in [2.05, 4.69) is 16.7 Å². The van der Waals surface area contributed by atoms with E-state index in [1.807, 2.05) is 12.1 Å². The fourth-order valence-electron chi connectivity index (χ4n) is 2.65. The van der Waals surface area contributed by atoms with Crippen molar-refractivity contribution in [3.05, 3.63) is 28.8 Å². The summed E-state index contributed by atoms with van der Waals surface area (Å²) in [6.45, 7) is 0.490. The molecule has 5 heteroatoms. The highest BCUT2D eigenvalue weighted by atomic mass is 35.5. The standard InChI is InChI=1S/C12H10ClN3O/c13-7-1-2-10-9(3-7)12(11(17)16-10)4-8(5-14)15-6-12/h1-3,8,15H,4,6H2,(H,16,17)/t8-,12-/m0/s1. The monoisotopic (exact) mass is 247 g/mol. The smallest absolute Gasteiger partial charge is 0.236 e. The Hall–Kier alpha value is -1.57. The summed E-state index contributed by atoms with van der Waals surface area (Å²) >= 11 is 5.98. The van der Waals surface area contributed by atoms with Gasteiger partial charge in [-0.3, -0.25) is 4.79 Å². The molecule has 17 heavy (non-hydrogen) atoms. The van der Waals surface area contributed by atoms with Gasteiger partial charge in [-0.15, -0.1) is 0 Å². The van der Waals surface area contributed by atoms with Gasteiger partial charge in [0, 0.05) is 17.3 Å². The predicted molar refractivity (Wildman–Crippen MR) is 63.8 cm³/mol. The van der Waals surface area contributed by atoms with E-state index in [9.17, 15) is 4.79 Å². The SMILES string of the molecule is N#C[C@@H]1C[C@@]2(CN1)C(=O)Nc1ccc(Cl)cc12. The molecule has 2 atom stereocenters. The molecule has 2 aliphatic heterocycles. The first-order valence-corrected chi connectivity index (χ1v) is 5.78. The van der Waals surface area contributed by atoms with Gasteiger partial charge >= 0.3 is 0 Å². The van der Waals surface area contributed by atoms with Crippen molar-refractivity contribution in [2.75, 3.05) is 11.9 Å². The summed E-state index contributed by atoms with van der Waals surface area (Å²) in [6, 6.07) is 7.26. The van der Waals surface area contributed by atoms with Gasteiger partial charge in [-0.25, -0.2) is 0 Å². The minimum atomic E-state index is -0.624. The fourth-order valence-corrected chi connectivity index (χ4v) is 2.82. The molecule has 86 valence electrons. The third-order valence-electron chi connectivity index (χ3n) is 3.54. The quantitative estimate of drug-likeness (QED) is 0.729. The van der Waals surface area contributed by atoms with Gasteiger partial charge in [-0.1, -0.05) is 11.6 Å². The van der Waals surface area contributed by atoms with E-state index in [-0.39, 0.29) is 11.9 Å². The highest BCUT2D eigenvalue weighted by Crippen LogP contribution is 2.44. The molecule has 0 radical (unpaired) electrons. The van der Waals surface area contributed by atoms with Crippen LogP contribution in [0.2, 0.25) is 5.02 Å². The zero-order valence-electron chi connectivity index (χ0n) is 8.96. The number of hydrogen-bond acceptors (Lipinski definition) is 3. The zero-order valence-corrected chi connectivity index (χ0v) is 9.71. The summed E-state index contributed by atoms with van der Waals surface area (Å²) in [5, 5.41) is 15.5. The molecule has 0 bridgehead atoms. The molecule has 3 rings (SSSR count). The molecule has 4 nitrogen and oxygen atoms in total. The third kappa shape index (κ3) is 1.36. The van der Waals surface area contributed by atoms with Crippen molar-refractivity contribution in [3.8, 4) is 6.07 Å². The molecule has 0 aliphatic carbocycles. The molecule has 0 unspecified atom stereocenters. The summed E-state index contributed by atoms with van der Waals surface area (Å²) in [7, 11) is 0. The van der Waals surface area contributed by atoms with Crippen LogP contribution in [0.25, 0.3) is 0 Å². The van der Waals surface area contributed by atoms with E-state index in [1.54, 1.807) is 6.07 Å². The first-order valence-electron chi connectivity index (χ1n) is 5.40. The van der Waals surface area contributed by atoms with Gasteiger partial charge in [-0.2, -0.15) is 5.26 Å². The molecule has 2 N–H and O–H groups in total. The molecule has 0 aromatic heterocycles. The lowest BCUT2D eigenvalue weighted by Crippen LogP contribution is -2.36. The van der Waals surface area contributed by atoms with Crippen molar-refractivity contribution >= 4 is 23.2 Å². The Morgan fingerprint density at radius 2 is 2.35 bits per heavy atom. The summed E-state index contributed by atoms with van der Waals surface area (Å²) in [5.41, 5.74) is 1.08. The topological polar surface area (TPSA) is 64.9 Å². The number of benzene rings is 1. The Morgan fingerprint density at radius 1 is 1.53 bits per heavy atom. The van der Waals surface area contributed by atoms with Crippen molar-refractivity contribution in [3.63, 3.8) is 0 Å². The number of amides is 1. The van der Waals surface area contributed by atoms with Crippen molar-refractivity contribution in [1.82, 2.24) is 5.32 Å². The molecule has 1 fully saturated rings. The molecule has 1 saturated heterocycles. The fraction of sp³-hybridized carbons (Fsp3) is 0.333. The number of halogens is 1. The molecule has 2 heterocycles. The second-order valence-corrected chi connectivity index (χ2v) is 4.93. The Bertz CT molecular complexity index is 551. The van der Waals surface area contributed by atoms with Crippen LogP contribution in [0, 0.1) is 11.3 Å². The molecule has 1 amide bonds. The van der Waals surface area contributed by atoms with Crippen LogP contribution in [0.5, 0.6) is 0 Å². The van der Waals surface area contributed by atoms with E-state index in [4.69, 9.17) is 16.9 Å². The average molecular weight is 248 g/mol. The molecule has 1 spiro atoms. The van der Waals surface area contributed by atoms with Gasteiger partial charge in [0.2, 0.25) is 5.91 Å². The number of nitriles is 1. The molecule has 2 aliphatic rings. The summed E-state index contributed by atoms with van der Waals surface area (Å²) < 4.78 is 0. The van der Waals surface area contributed by atoms with Gasteiger partial charge in [0.15, 0.2) is 0 Å². The van der Waals surface area contributed by atoms with Crippen LogP contribution in [-0.4, -0.2) is 18.5 Å². The average Bonchev–Trinajstić information content (AvgIpc) is 2.86. The molecular formula is C12H10ClN3O. The molecule has 1 aromatic carbocycles. The summed E-state index contributed by atoms with van der Waals surface area (Å²) in [4.78, 5) is 12.1. The van der Waals surface area contributed by atoms with E-state index in [0.29, 0.717) is 18.0 Å². The van der Waals surface area contributed by atoms with Crippen LogP contribution >= 0.6 is 11.6 Å². The Morgan fingerprint density at radius 3 is 3.06 bits per heavy atom. The number of carbonyl (C=O) groups is 1. The van der Waals surface area contributed by atoms with Crippen molar-refractivity contribution in [2.24, 2.45) is 0 Å². The lowest BCUT2D eigenvalue weighted by atomic mass is 9.80. The lowest BCUT2D eigenvalue weighted by Gasteiger charge is -2.19. The molecule has 0 saturated carbocycles. The minimum absolute atomic E-state index is 0.0417. The maximum atomic E-state index is 12.1. The van der Waals surface area contributed by atoms with Crippen LogP contribution < -0.4 is 10.6 Å². The predicted octanol–water partition coefficient (Wildman–Crippen LogP) is 1.42. The van der Waals surface area contributed by atoms with Crippen LogP contribution in [0.15, 0.2) is 18.2 Å². The molecular weight excluding hydrogens is 238 g/mol. The summed E-state index contributed by atoms with van der Waals surface area (Å²) in [6.07, 6.45) is 0.503. The maximum Gasteiger partial charge on any atom is 0.236 e. The van der Waals surface area contributed by atoms with Crippen LogP contribution in [0.1, 0.15) is 12.0 Å². The maximum absolute atomic E-state index is 12.1. The van der Waals surface area contributed by atoms with Crippen molar-refractivity contribution in [1.29, 1.82) is 5.26 Å². The second-order valence-electron chi connectivity index (χ2n) is 4.49. The Balaban J connectivity index is 2.11. The first-order chi connectivity index (χ1) is 8.15. The number of fused-ring (bicyclic) bond motifs is 2. The largest absolute Gasteiger partial charge is 0.325 e. The van der Waals surface area contributed by atoms with Gasteiger partial charge in [0.25, 0.3) is 0 Å². The van der Waals surface area contributed by atoms with Crippen molar-refractivity contribution in [2.45, 2.75) is 17.9 Å². The number of nitrogens with one attached hydrogen (secondary N) is 2. The number of rotatable bonds is 0. The highest BCUT2D eigenvalue weighted by molar-refractivity contribution is 6.31. The Kier molecular flexibility index (Phi) is 2.15. The van der Waals surface area contributed by atoms with Gasteiger partial charge in [-0.05, 0) is 30.2 Å². The molecule has 1 aromatic rings. The normalized spacial score (nSPS) is 30.1. The third-order valence-corrected chi connectivity index (χ3v) is 3.77. The number of anilines is 1. The van der Waals surface area contributed by atoms with Gasteiger partial charge < -0.3 is 10.6 Å². The van der Waals surface area contributed by atoms with Crippen LogP contribution in [0.3, 0.4) is 0 Å². The lowest BCUT2D eigenvalue weighted by molar-refractivity contribution is -0.120. The summed E-state index contributed by atoms with van der Waals surface area (Å²) in [5.74, 6) is -0.0417. The van der Waals surface area contributed by atoms with Gasteiger partial charge in [0.1, 0.15) is 0 Å². The Labute approximate surface area is 104 Å². The van der Waals surface area contributed by atoms with E-state index in [1.165, 1.54) is 0 Å². The number of hydrogen-bond donors (Lipinski definition) is 2. The second kappa shape index (κ2) is 3.46. The van der Waals surface area contributed by atoms with Gasteiger partial charge in [0.05, 0.1) is 17.5 Å². The van der Waals surface area contributed by atoms with Crippen LogP contribution in [0.4, 0.5) is 5.69 Å². The highest BCUT2D eigenvalue weighted by Gasteiger charge is 2.51. The zero-order chi connectivity index (χ0) is 12.0.